The third-order valence-corrected chi connectivity index (χ3v) is 1.80. The standard InChI is InChI=1S/C9H8ClFNO2/c10-7-3-1-2-6(8(7)11)4-5-14-9(12)13/h1-4H,5H2,(H2,12,13). The minimum absolute atomic E-state index is 0.0258. The molecule has 14 heavy (non-hydrogen) atoms. The second-order valence-corrected chi connectivity index (χ2v) is 2.88. The molecule has 1 radical (unpaired) electrons. The largest absolute Gasteiger partial charge is 0.449 e. The second kappa shape index (κ2) is 4.81. The molecule has 0 saturated heterocycles. The summed E-state index contributed by atoms with van der Waals surface area (Å²) in [7, 11) is 0. The van der Waals surface area contributed by atoms with Crippen LogP contribution in [0, 0.1) is 12.2 Å². The molecule has 0 fully saturated rings. The molecule has 0 heterocycles. The van der Waals surface area contributed by atoms with E-state index in [1.165, 1.54) is 18.6 Å². The van der Waals surface area contributed by atoms with Crippen LogP contribution >= 0.6 is 11.6 Å². The first-order valence-electron chi connectivity index (χ1n) is 3.80. The molecule has 1 amide bonds. The fraction of sp³-hybridized carbons (Fsp3) is 0.111. The van der Waals surface area contributed by atoms with Crippen LogP contribution in [-0.4, -0.2) is 12.7 Å². The van der Waals surface area contributed by atoms with Crippen molar-refractivity contribution in [3.8, 4) is 0 Å². The van der Waals surface area contributed by atoms with Crippen LogP contribution in [0.1, 0.15) is 5.56 Å². The van der Waals surface area contributed by atoms with Crippen LogP contribution in [0.2, 0.25) is 5.02 Å². The first-order valence-corrected chi connectivity index (χ1v) is 4.18. The van der Waals surface area contributed by atoms with Crippen molar-refractivity contribution in [2.75, 3.05) is 6.61 Å². The van der Waals surface area contributed by atoms with Gasteiger partial charge in [0.25, 0.3) is 0 Å². The molecule has 0 atom stereocenters. The van der Waals surface area contributed by atoms with Gasteiger partial charge in [0.2, 0.25) is 0 Å². The van der Waals surface area contributed by atoms with Crippen LogP contribution in [0.25, 0.3) is 0 Å². The second-order valence-electron chi connectivity index (χ2n) is 2.48. The Morgan fingerprint density at radius 2 is 2.36 bits per heavy atom. The molecule has 0 spiro atoms. The summed E-state index contributed by atoms with van der Waals surface area (Å²) < 4.78 is 17.6. The third kappa shape index (κ3) is 2.88. The van der Waals surface area contributed by atoms with E-state index in [0.717, 1.165) is 0 Å². The van der Waals surface area contributed by atoms with E-state index in [2.05, 4.69) is 4.74 Å². The number of ether oxygens (including phenoxy) is 1. The van der Waals surface area contributed by atoms with Gasteiger partial charge in [-0.05, 0) is 11.6 Å². The SMILES string of the molecule is NC(=O)OC[CH]c1cccc(Cl)c1F. The zero-order chi connectivity index (χ0) is 10.6. The lowest BCUT2D eigenvalue weighted by Crippen LogP contribution is -2.14. The molecule has 0 aliphatic rings. The maximum absolute atomic E-state index is 13.2. The molecular weight excluding hydrogens is 209 g/mol. The van der Waals surface area contributed by atoms with Gasteiger partial charge in [-0.25, -0.2) is 9.18 Å². The summed E-state index contributed by atoms with van der Waals surface area (Å²) in [5.41, 5.74) is 5.00. The molecule has 0 unspecified atom stereocenters. The fourth-order valence-electron chi connectivity index (χ4n) is 0.892. The fourth-order valence-corrected chi connectivity index (χ4v) is 1.07. The van der Waals surface area contributed by atoms with Crippen LogP contribution in [0.5, 0.6) is 0 Å². The average Bonchev–Trinajstić information content (AvgIpc) is 2.12. The zero-order valence-corrected chi connectivity index (χ0v) is 7.92. The number of carbonyl (C=O) groups excluding carboxylic acids is 1. The number of hydrogen-bond acceptors (Lipinski definition) is 2. The quantitative estimate of drug-likeness (QED) is 0.842. The maximum Gasteiger partial charge on any atom is 0.404 e. The minimum atomic E-state index is -0.899. The van der Waals surface area contributed by atoms with Crippen molar-refractivity contribution < 1.29 is 13.9 Å². The molecule has 0 bridgehead atoms. The average molecular weight is 217 g/mol. The highest BCUT2D eigenvalue weighted by atomic mass is 35.5. The van der Waals surface area contributed by atoms with E-state index in [9.17, 15) is 9.18 Å². The number of halogens is 2. The van der Waals surface area contributed by atoms with E-state index in [1.807, 2.05) is 0 Å². The highest BCUT2D eigenvalue weighted by Crippen LogP contribution is 2.18. The van der Waals surface area contributed by atoms with Gasteiger partial charge in [-0.15, -0.1) is 0 Å². The predicted octanol–water partition coefficient (Wildman–Crippen LogP) is 2.13. The van der Waals surface area contributed by atoms with E-state index in [1.54, 1.807) is 6.07 Å². The molecule has 0 saturated carbocycles. The van der Waals surface area contributed by atoms with Gasteiger partial charge in [0, 0.05) is 6.42 Å². The monoisotopic (exact) mass is 216 g/mol. The molecule has 5 heteroatoms. The Balaban J connectivity index is 2.59. The van der Waals surface area contributed by atoms with Crippen molar-refractivity contribution in [3.05, 3.63) is 41.0 Å². The van der Waals surface area contributed by atoms with Crippen LogP contribution in [0.3, 0.4) is 0 Å². The van der Waals surface area contributed by atoms with Gasteiger partial charge < -0.3 is 10.5 Å². The van der Waals surface area contributed by atoms with Crippen LogP contribution in [0.15, 0.2) is 18.2 Å². The molecule has 75 valence electrons. The molecule has 0 aliphatic carbocycles. The lowest BCUT2D eigenvalue weighted by Gasteiger charge is -2.03. The van der Waals surface area contributed by atoms with E-state index in [-0.39, 0.29) is 17.2 Å². The molecule has 1 rings (SSSR count). The molecular formula is C9H8ClFNO2. The van der Waals surface area contributed by atoms with Crippen LogP contribution in [0.4, 0.5) is 9.18 Å². The summed E-state index contributed by atoms with van der Waals surface area (Å²) in [6.45, 7) is -0.0768. The number of hydrogen-bond donors (Lipinski definition) is 1. The molecule has 0 aromatic heterocycles. The van der Waals surface area contributed by atoms with Crippen molar-refractivity contribution in [2.45, 2.75) is 0 Å². The third-order valence-electron chi connectivity index (χ3n) is 1.51. The van der Waals surface area contributed by atoms with Gasteiger partial charge in [0.15, 0.2) is 0 Å². The van der Waals surface area contributed by atoms with Gasteiger partial charge in [-0.1, -0.05) is 23.7 Å². The number of nitrogens with two attached hydrogens (primary N) is 1. The minimum Gasteiger partial charge on any atom is -0.449 e. The van der Waals surface area contributed by atoms with E-state index in [4.69, 9.17) is 17.3 Å². The molecule has 2 N–H and O–H groups in total. The Hall–Kier alpha value is -1.29. The van der Waals surface area contributed by atoms with E-state index >= 15 is 0 Å². The number of amides is 1. The normalized spacial score (nSPS) is 9.86. The Morgan fingerprint density at radius 1 is 1.64 bits per heavy atom. The summed E-state index contributed by atoms with van der Waals surface area (Å²) >= 11 is 5.53. The lowest BCUT2D eigenvalue weighted by atomic mass is 10.1. The summed E-state index contributed by atoms with van der Waals surface area (Å²) in [6.07, 6.45) is 0.482. The molecule has 1 aromatic rings. The molecule has 3 nitrogen and oxygen atoms in total. The number of rotatable bonds is 3. The topological polar surface area (TPSA) is 52.3 Å². The Morgan fingerprint density at radius 3 is 3.00 bits per heavy atom. The van der Waals surface area contributed by atoms with Gasteiger partial charge in [-0.2, -0.15) is 0 Å². The summed E-state index contributed by atoms with van der Waals surface area (Å²) in [5, 5.41) is 0.0258. The van der Waals surface area contributed by atoms with Crippen LogP contribution < -0.4 is 5.73 Å². The smallest absolute Gasteiger partial charge is 0.404 e. The number of benzene rings is 1. The molecule has 1 aromatic carbocycles. The first-order chi connectivity index (χ1) is 6.61. The van der Waals surface area contributed by atoms with Crippen molar-refractivity contribution in [1.29, 1.82) is 0 Å². The van der Waals surface area contributed by atoms with E-state index < -0.39 is 11.9 Å². The summed E-state index contributed by atoms with van der Waals surface area (Å²) in [4.78, 5) is 10.2. The highest BCUT2D eigenvalue weighted by Gasteiger charge is 2.06. The van der Waals surface area contributed by atoms with Crippen molar-refractivity contribution in [1.82, 2.24) is 0 Å². The van der Waals surface area contributed by atoms with Crippen molar-refractivity contribution in [2.24, 2.45) is 5.73 Å². The zero-order valence-electron chi connectivity index (χ0n) is 7.17. The molecule has 0 aliphatic heterocycles. The van der Waals surface area contributed by atoms with Gasteiger partial charge in [-0.3, -0.25) is 0 Å². The summed E-state index contributed by atoms with van der Waals surface area (Å²) in [5.74, 6) is -0.540. The first kappa shape index (κ1) is 10.8. The van der Waals surface area contributed by atoms with Gasteiger partial charge >= 0.3 is 6.09 Å². The number of carbonyl (C=O) groups is 1. The van der Waals surface area contributed by atoms with Crippen molar-refractivity contribution in [3.63, 3.8) is 0 Å². The van der Waals surface area contributed by atoms with Crippen molar-refractivity contribution >= 4 is 17.7 Å². The lowest BCUT2D eigenvalue weighted by molar-refractivity contribution is 0.166. The maximum atomic E-state index is 13.2. The predicted molar refractivity (Wildman–Crippen MR) is 50.3 cm³/mol. The van der Waals surface area contributed by atoms with Crippen LogP contribution in [-0.2, 0) is 4.74 Å². The van der Waals surface area contributed by atoms with Gasteiger partial charge in [0.05, 0.1) is 5.02 Å². The van der Waals surface area contributed by atoms with Gasteiger partial charge in [0.1, 0.15) is 12.4 Å². The number of primary amides is 1. The summed E-state index contributed by atoms with van der Waals surface area (Å²) in [6, 6.07) is 4.55. The van der Waals surface area contributed by atoms with E-state index in [0.29, 0.717) is 0 Å². The Bertz CT molecular complexity index is 344. The Kier molecular flexibility index (Phi) is 3.71. The highest BCUT2D eigenvalue weighted by molar-refractivity contribution is 6.30. The Labute approximate surface area is 85.6 Å².